The molecular weight excluding hydrogens is 240 g/mol. The van der Waals surface area contributed by atoms with Crippen molar-refractivity contribution in [2.45, 2.75) is 26.2 Å². The van der Waals surface area contributed by atoms with Gasteiger partial charge in [-0.1, -0.05) is 45.0 Å². The van der Waals surface area contributed by atoms with Crippen molar-refractivity contribution < 1.29 is 9.59 Å². The molecule has 0 atom stereocenters. The first-order valence-corrected chi connectivity index (χ1v) is 6.16. The molecule has 2 amide bonds. The van der Waals surface area contributed by atoms with Crippen molar-refractivity contribution in [2.75, 3.05) is 11.9 Å². The third-order valence-electron chi connectivity index (χ3n) is 2.60. The Morgan fingerprint density at radius 1 is 1.21 bits per heavy atom. The molecule has 0 fully saturated rings. The molecule has 0 aliphatic rings. The summed E-state index contributed by atoms with van der Waals surface area (Å²) in [4.78, 5) is 23.2. The number of hydrogen-bond acceptors (Lipinski definition) is 2. The number of benzene rings is 1. The largest absolute Gasteiger partial charge is 0.344 e. The molecule has 1 rings (SSSR count). The number of hydrogen-bond donors (Lipinski definition) is 2. The van der Waals surface area contributed by atoms with Crippen molar-refractivity contribution in [3.8, 4) is 0 Å². The first-order chi connectivity index (χ1) is 8.86. The molecule has 0 aliphatic carbocycles. The normalized spacial score (nSPS) is 10.7. The van der Waals surface area contributed by atoms with Crippen molar-refractivity contribution in [3.63, 3.8) is 0 Å². The zero-order chi connectivity index (χ0) is 14.5. The van der Waals surface area contributed by atoms with Crippen LogP contribution in [-0.2, 0) is 15.0 Å². The molecule has 1 aromatic rings. The molecule has 102 valence electrons. The molecule has 0 heterocycles. The first kappa shape index (κ1) is 15.0. The summed E-state index contributed by atoms with van der Waals surface area (Å²) in [5, 5.41) is 5.08. The van der Waals surface area contributed by atoms with Crippen LogP contribution in [0.4, 0.5) is 5.69 Å². The summed E-state index contributed by atoms with van der Waals surface area (Å²) in [5.74, 6) is -1.33. The zero-order valence-corrected chi connectivity index (χ0v) is 11.6. The summed E-state index contributed by atoms with van der Waals surface area (Å²) in [6, 6.07) is 7.47. The first-order valence-electron chi connectivity index (χ1n) is 6.16. The number of para-hydroxylation sites is 1. The molecule has 0 radical (unpaired) electrons. The molecule has 0 aromatic heterocycles. The number of carbonyl (C=O) groups excluding carboxylic acids is 2. The summed E-state index contributed by atoms with van der Waals surface area (Å²) >= 11 is 0. The molecule has 4 heteroatoms. The van der Waals surface area contributed by atoms with E-state index in [2.05, 4.69) is 38.0 Å². The fourth-order valence-electron chi connectivity index (χ4n) is 1.67. The van der Waals surface area contributed by atoms with Gasteiger partial charge in [-0.15, -0.1) is 6.58 Å². The molecule has 0 saturated heterocycles. The maximum atomic E-state index is 11.7. The second-order valence-corrected chi connectivity index (χ2v) is 5.25. The van der Waals surface area contributed by atoms with Crippen LogP contribution in [0, 0.1) is 0 Å². The van der Waals surface area contributed by atoms with Crippen molar-refractivity contribution in [1.29, 1.82) is 0 Å². The van der Waals surface area contributed by atoms with Crippen molar-refractivity contribution in [3.05, 3.63) is 42.5 Å². The van der Waals surface area contributed by atoms with E-state index in [1.54, 1.807) is 6.07 Å². The minimum atomic E-state index is -0.668. The van der Waals surface area contributed by atoms with Gasteiger partial charge < -0.3 is 10.6 Å². The van der Waals surface area contributed by atoms with E-state index in [4.69, 9.17) is 0 Å². The maximum Gasteiger partial charge on any atom is 0.313 e. The standard InChI is InChI=1S/C15H20N2O2/c1-5-10-16-13(18)14(19)17-12-9-7-6-8-11(12)15(2,3)4/h5-9H,1,10H2,2-4H3,(H,16,18)(H,17,19). The van der Waals surface area contributed by atoms with Gasteiger partial charge >= 0.3 is 11.8 Å². The number of amides is 2. The van der Waals surface area contributed by atoms with Crippen LogP contribution in [0.15, 0.2) is 36.9 Å². The number of carbonyl (C=O) groups is 2. The van der Waals surface area contributed by atoms with Crippen molar-refractivity contribution in [1.82, 2.24) is 5.32 Å². The lowest BCUT2D eigenvalue weighted by Gasteiger charge is -2.22. The summed E-state index contributed by atoms with van der Waals surface area (Å²) in [6.45, 7) is 9.90. The van der Waals surface area contributed by atoms with Gasteiger partial charge in [0.15, 0.2) is 0 Å². The van der Waals surface area contributed by atoms with E-state index in [1.807, 2.05) is 18.2 Å². The predicted molar refractivity (Wildman–Crippen MR) is 77.0 cm³/mol. The minimum Gasteiger partial charge on any atom is -0.344 e. The molecule has 0 spiro atoms. The van der Waals surface area contributed by atoms with Crippen LogP contribution in [0.1, 0.15) is 26.3 Å². The van der Waals surface area contributed by atoms with Crippen LogP contribution in [-0.4, -0.2) is 18.4 Å². The Bertz CT molecular complexity index is 487. The van der Waals surface area contributed by atoms with Gasteiger partial charge in [-0.2, -0.15) is 0 Å². The molecule has 4 nitrogen and oxygen atoms in total. The van der Waals surface area contributed by atoms with E-state index in [1.165, 1.54) is 6.08 Å². The van der Waals surface area contributed by atoms with Gasteiger partial charge in [0.2, 0.25) is 0 Å². The second kappa shape index (κ2) is 6.18. The monoisotopic (exact) mass is 260 g/mol. The Labute approximate surface area is 113 Å². The van der Waals surface area contributed by atoms with E-state index in [-0.39, 0.29) is 12.0 Å². The van der Waals surface area contributed by atoms with Gasteiger partial charge in [0.1, 0.15) is 0 Å². The van der Waals surface area contributed by atoms with Gasteiger partial charge in [0.05, 0.1) is 0 Å². The molecule has 0 saturated carbocycles. The lowest BCUT2D eigenvalue weighted by atomic mass is 9.86. The predicted octanol–water partition coefficient (Wildman–Crippen LogP) is 2.22. The molecule has 2 N–H and O–H groups in total. The van der Waals surface area contributed by atoms with Gasteiger partial charge in [-0.05, 0) is 17.0 Å². The molecule has 0 bridgehead atoms. The van der Waals surface area contributed by atoms with E-state index < -0.39 is 11.8 Å². The van der Waals surface area contributed by atoms with Crippen LogP contribution in [0.3, 0.4) is 0 Å². The van der Waals surface area contributed by atoms with Crippen LogP contribution < -0.4 is 10.6 Å². The smallest absolute Gasteiger partial charge is 0.313 e. The summed E-state index contributed by atoms with van der Waals surface area (Å²) in [6.07, 6.45) is 1.52. The summed E-state index contributed by atoms with van der Waals surface area (Å²) in [5.41, 5.74) is 1.54. The van der Waals surface area contributed by atoms with Crippen molar-refractivity contribution >= 4 is 17.5 Å². The SMILES string of the molecule is C=CCNC(=O)C(=O)Nc1ccccc1C(C)(C)C. The van der Waals surface area contributed by atoms with Gasteiger partial charge in [-0.25, -0.2) is 0 Å². The fourth-order valence-corrected chi connectivity index (χ4v) is 1.67. The highest BCUT2D eigenvalue weighted by Crippen LogP contribution is 2.29. The summed E-state index contributed by atoms with van der Waals surface area (Å²) < 4.78 is 0. The Hall–Kier alpha value is -2.10. The number of rotatable bonds is 3. The minimum absolute atomic E-state index is 0.110. The number of nitrogens with one attached hydrogen (secondary N) is 2. The molecule has 19 heavy (non-hydrogen) atoms. The Balaban J connectivity index is 2.85. The quantitative estimate of drug-likeness (QED) is 0.646. The number of anilines is 1. The molecule has 0 unspecified atom stereocenters. The second-order valence-electron chi connectivity index (χ2n) is 5.25. The average molecular weight is 260 g/mol. The topological polar surface area (TPSA) is 58.2 Å². The van der Waals surface area contributed by atoms with Crippen LogP contribution in [0.25, 0.3) is 0 Å². The lowest BCUT2D eigenvalue weighted by molar-refractivity contribution is -0.136. The summed E-state index contributed by atoms with van der Waals surface area (Å²) in [7, 11) is 0. The average Bonchev–Trinajstić information content (AvgIpc) is 2.35. The Morgan fingerprint density at radius 3 is 2.42 bits per heavy atom. The fraction of sp³-hybridized carbons (Fsp3) is 0.333. The van der Waals surface area contributed by atoms with E-state index >= 15 is 0 Å². The van der Waals surface area contributed by atoms with Gasteiger partial charge in [0.25, 0.3) is 0 Å². The maximum absolute atomic E-state index is 11.7. The van der Waals surface area contributed by atoms with Crippen LogP contribution in [0.5, 0.6) is 0 Å². The lowest BCUT2D eigenvalue weighted by Crippen LogP contribution is -2.35. The molecular formula is C15H20N2O2. The van der Waals surface area contributed by atoms with Crippen LogP contribution in [0.2, 0.25) is 0 Å². The Kier molecular flexibility index (Phi) is 4.87. The van der Waals surface area contributed by atoms with Crippen molar-refractivity contribution in [2.24, 2.45) is 0 Å². The van der Waals surface area contributed by atoms with Gasteiger partial charge in [0, 0.05) is 12.2 Å². The zero-order valence-electron chi connectivity index (χ0n) is 11.6. The third-order valence-corrected chi connectivity index (χ3v) is 2.60. The molecule has 0 aliphatic heterocycles. The van der Waals surface area contributed by atoms with E-state index in [0.29, 0.717) is 5.69 Å². The van der Waals surface area contributed by atoms with Crippen LogP contribution >= 0.6 is 0 Å². The Morgan fingerprint density at radius 2 is 1.84 bits per heavy atom. The highest BCUT2D eigenvalue weighted by atomic mass is 16.2. The highest BCUT2D eigenvalue weighted by Gasteiger charge is 2.20. The van der Waals surface area contributed by atoms with E-state index in [9.17, 15) is 9.59 Å². The third kappa shape index (κ3) is 4.25. The van der Waals surface area contributed by atoms with E-state index in [0.717, 1.165) is 5.56 Å². The molecule has 1 aromatic carbocycles. The highest BCUT2D eigenvalue weighted by molar-refractivity contribution is 6.39. The van der Waals surface area contributed by atoms with Gasteiger partial charge in [-0.3, -0.25) is 9.59 Å².